The van der Waals surface area contributed by atoms with Crippen LogP contribution < -0.4 is 0 Å². The molecule has 7 aliphatic heterocycles. The topological polar surface area (TPSA) is 565 Å². The molecule has 12 rings (SSSR count). The van der Waals surface area contributed by atoms with E-state index in [9.17, 15) is 107 Å². The highest BCUT2D eigenvalue weighted by atomic mass is 16.8. The fraction of sp³-hybridized carbons (Fsp3) is 0.926. The number of aldehydes is 1. The molecule has 7 heterocycles. The van der Waals surface area contributed by atoms with E-state index in [4.69, 9.17) is 66.3 Å². The van der Waals surface area contributed by atoms with Crippen molar-refractivity contribution in [2.45, 2.75) is 302 Å². The second-order valence-electron chi connectivity index (χ2n) is 32.6. The molecule has 4 saturated carbocycles. The van der Waals surface area contributed by atoms with Crippen molar-refractivity contribution in [1.29, 1.82) is 0 Å². The maximum atomic E-state index is 15.7. The fourth-order valence-corrected chi connectivity index (χ4v) is 19.6. The maximum absolute atomic E-state index is 15.7. The summed E-state index contributed by atoms with van der Waals surface area (Å²) < 4.78 is 83.9. The smallest absolute Gasteiger partial charge is 0.335 e. The Labute approximate surface area is 598 Å². The van der Waals surface area contributed by atoms with Gasteiger partial charge in [-0.25, -0.2) is 4.79 Å². The molecule has 12 aliphatic rings. The summed E-state index contributed by atoms with van der Waals surface area (Å²) in [5.74, 6) is -3.41. The quantitative estimate of drug-likeness (QED) is 0.0262. The molecule has 36 nitrogen and oxygen atoms in total. The Morgan fingerprint density at radius 1 is 0.481 bits per heavy atom. The number of carbonyl (C=O) groups excluding carboxylic acids is 2. The van der Waals surface area contributed by atoms with Crippen molar-refractivity contribution in [3.05, 3.63) is 11.6 Å². The molecule has 0 aromatic carbocycles. The van der Waals surface area contributed by atoms with E-state index in [1.54, 1.807) is 6.92 Å². The van der Waals surface area contributed by atoms with Gasteiger partial charge in [-0.2, -0.15) is 0 Å². The molecular formula is C68H106O36. The van der Waals surface area contributed by atoms with Gasteiger partial charge in [0.2, 0.25) is 6.29 Å². The van der Waals surface area contributed by atoms with Crippen molar-refractivity contribution in [2.75, 3.05) is 39.6 Å². The summed E-state index contributed by atoms with van der Waals surface area (Å²) in [6, 6.07) is 0. The summed E-state index contributed by atoms with van der Waals surface area (Å²) in [4.78, 5) is 42.9. The third-order valence-electron chi connectivity index (χ3n) is 26.2. The first-order valence-electron chi connectivity index (χ1n) is 36.0. The van der Waals surface area contributed by atoms with Crippen molar-refractivity contribution in [3.8, 4) is 0 Å². The molecule has 0 aromatic rings. The van der Waals surface area contributed by atoms with E-state index in [0.29, 0.717) is 57.8 Å². The number of esters is 1. The number of carbonyl (C=O) groups is 3. The first kappa shape index (κ1) is 80.6. The molecule has 11 fully saturated rings. The van der Waals surface area contributed by atoms with Crippen molar-refractivity contribution < 1.29 is 178 Å². The zero-order valence-electron chi connectivity index (χ0n) is 58.6. The summed E-state index contributed by atoms with van der Waals surface area (Å²) in [5.41, 5.74) is -3.57. The highest BCUT2D eigenvalue weighted by Crippen LogP contribution is 2.76. The Morgan fingerprint density at radius 2 is 0.990 bits per heavy atom. The molecule has 12 unspecified atom stereocenters. The van der Waals surface area contributed by atoms with Crippen LogP contribution >= 0.6 is 0 Å². The molecule has 0 spiro atoms. The number of aliphatic hydroxyl groups is 18. The molecule has 0 bridgehead atoms. The van der Waals surface area contributed by atoms with Gasteiger partial charge in [0, 0.05) is 0 Å². The first-order valence-corrected chi connectivity index (χ1v) is 36.0. The van der Waals surface area contributed by atoms with Crippen molar-refractivity contribution in [1.82, 2.24) is 0 Å². The van der Waals surface area contributed by atoms with Crippen LogP contribution in [0.5, 0.6) is 0 Å². The van der Waals surface area contributed by atoms with Gasteiger partial charge in [0.25, 0.3) is 0 Å². The maximum Gasteiger partial charge on any atom is 0.335 e. The third-order valence-corrected chi connectivity index (χ3v) is 26.2. The molecule has 5 aliphatic carbocycles. The van der Waals surface area contributed by atoms with Crippen LogP contribution in [-0.4, -0.2) is 352 Å². The van der Waals surface area contributed by atoms with Gasteiger partial charge in [-0.15, -0.1) is 0 Å². The molecule has 0 aromatic heterocycles. The number of hydrogen-bond acceptors (Lipinski definition) is 35. The van der Waals surface area contributed by atoms with Crippen LogP contribution in [0.25, 0.3) is 0 Å². The highest BCUT2D eigenvalue weighted by Gasteiger charge is 2.71. The van der Waals surface area contributed by atoms with E-state index in [1.165, 1.54) is 0 Å². The number of aliphatic hydroxyl groups excluding tert-OH is 18. The van der Waals surface area contributed by atoms with Gasteiger partial charge < -0.3 is 168 Å². The minimum atomic E-state index is -2.21. The number of carboxylic acid groups (broad SMARTS) is 1. The molecule has 40 atom stereocenters. The first-order chi connectivity index (χ1) is 48.9. The SMILES string of the molecule is CC1(C)CC[C@]2(C(=O)O[C@@H]3OC[C@H](O)[C@@H](O)C3O[C@@H]3OC[C@H](O[C@@H]4OC[C@@H](O)[C@@H](O)C4O)[C@H](O[C@@H]4OC(CO)[C@@H](O)[C@@H](O)C4O)C3O)CC[C@]3(C)C(=CCC4[C@@]5(C)CC[C@H](O[C@@H]6OC(C(=O)O)[C@@H](O)[C@@H](O[C@@H]7OC[C@H](O)[C@H](O)C7O)C6O[C@@H]6OC(CO)[C@H](O)[C@@H](O)C6O)[C@@](C)(C=O)C5CC[C@]43C)[C@@H]2C1. The number of ether oxygens (including phenoxy) is 14. The normalized spacial score (nSPS) is 54.0. The van der Waals surface area contributed by atoms with Crippen LogP contribution in [0.15, 0.2) is 11.6 Å². The van der Waals surface area contributed by atoms with E-state index >= 15 is 4.79 Å². The van der Waals surface area contributed by atoms with Crippen molar-refractivity contribution in [2.24, 2.45) is 50.2 Å². The average Bonchev–Trinajstić information content (AvgIpc) is 0.674. The molecule has 19 N–H and O–H groups in total. The Bertz CT molecular complexity index is 3020. The minimum absolute atomic E-state index is 0.121. The second kappa shape index (κ2) is 30.7. The molecule has 594 valence electrons. The van der Waals surface area contributed by atoms with Crippen molar-refractivity contribution >= 4 is 18.2 Å². The molecular weight excluding hydrogens is 1390 g/mol. The van der Waals surface area contributed by atoms with Crippen LogP contribution in [0.1, 0.15) is 106 Å². The lowest BCUT2D eigenvalue weighted by atomic mass is 9.33. The van der Waals surface area contributed by atoms with E-state index in [0.717, 1.165) is 11.9 Å². The van der Waals surface area contributed by atoms with Crippen LogP contribution in [0.3, 0.4) is 0 Å². The number of allylic oxidation sites excluding steroid dienone is 2. The zero-order chi connectivity index (χ0) is 75.6. The molecule has 36 heteroatoms. The Hall–Kier alpha value is -2.89. The van der Waals surface area contributed by atoms with Crippen molar-refractivity contribution in [3.63, 3.8) is 0 Å². The average molecular weight is 1500 g/mol. The Kier molecular flexibility index (Phi) is 23.8. The lowest BCUT2D eigenvalue weighted by Crippen LogP contribution is -2.68. The fourth-order valence-electron chi connectivity index (χ4n) is 19.6. The third kappa shape index (κ3) is 14.0. The van der Waals surface area contributed by atoms with Crippen LogP contribution in [0, 0.1) is 50.2 Å². The summed E-state index contributed by atoms with van der Waals surface area (Å²) in [7, 11) is 0. The molecule has 104 heavy (non-hydrogen) atoms. The van der Waals surface area contributed by atoms with Gasteiger partial charge in [-0.1, -0.05) is 53.2 Å². The summed E-state index contributed by atoms with van der Waals surface area (Å²) in [6.45, 7) is 8.63. The van der Waals surface area contributed by atoms with Gasteiger partial charge in [-0.05, 0) is 104 Å². The molecule has 0 amide bonds. The van der Waals surface area contributed by atoms with E-state index in [1.807, 2.05) is 0 Å². The standard InChI is InChI=1S/C68H106O36/c1-63(2)13-15-68(62(90)104-60-52(38(77)29(74)22-93-60)102-57-48(87)49(99-58-45(84)41(80)39(78)30(18-69)95-58)32(23-94-57)97-55-43(82)36(75)27(72)20-91-55)16-14-66(5)25(26(68)17-63)7-8-34-64(3)11-10-35(65(4,24-71)33(64)9-12-67(34,66)6)98-61-53(103-59-46(85)42(81)40(79)31(19-70)96-59)50(47(86)51(101-61)54(88)89)100-56-44(83)37(76)28(73)21-92-56/h7,24,26-53,55-61,69-70,72-87H,8-23H2,1-6H3,(H,88,89)/t26-,27+,28-,29-,30?,31?,32-,33?,34?,35-,36+,37-,38+,39+,40-,41+,42+,43?,44?,45?,46?,47-,48?,49-,50+,51?,52?,53?,55-,56-,57-,58-,59-,60-,61+,64-,65-,66+,67+,68-/m0/s1. The minimum Gasteiger partial charge on any atom is -0.479 e. The zero-order valence-corrected chi connectivity index (χ0v) is 58.6. The highest BCUT2D eigenvalue weighted by molar-refractivity contribution is 5.79. The van der Waals surface area contributed by atoms with Gasteiger partial charge in [0.15, 0.2) is 49.9 Å². The monoisotopic (exact) mass is 1500 g/mol. The number of fused-ring (bicyclic) bond motifs is 7. The summed E-state index contributed by atoms with van der Waals surface area (Å²) in [6.07, 6.45) is -51.0. The van der Waals surface area contributed by atoms with E-state index < -0.39 is 287 Å². The van der Waals surface area contributed by atoms with Crippen LogP contribution in [0.2, 0.25) is 0 Å². The van der Waals surface area contributed by atoms with E-state index in [2.05, 4.69) is 40.7 Å². The lowest BCUT2D eigenvalue weighted by Gasteiger charge is -2.71. The molecule has 7 saturated heterocycles. The largest absolute Gasteiger partial charge is 0.479 e. The van der Waals surface area contributed by atoms with E-state index in [-0.39, 0.29) is 17.8 Å². The van der Waals surface area contributed by atoms with Gasteiger partial charge >= 0.3 is 11.9 Å². The predicted octanol–water partition coefficient (Wildman–Crippen LogP) is -6.74. The van der Waals surface area contributed by atoms with Crippen LogP contribution in [-0.2, 0) is 80.7 Å². The van der Waals surface area contributed by atoms with Gasteiger partial charge in [-0.3, -0.25) is 4.79 Å². The number of hydrogen-bond donors (Lipinski definition) is 19. The Morgan fingerprint density at radius 3 is 1.57 bits per heavy atom. The second-order valence-corrected chi connectivity index (χ2v) is 32.6. The van der Waals surface area contributed by atoms with Gasteiger partial charge in [0.1, 0.15) is 141 Å². The summed E-state index contributed by atoms with van der Waals surface area (Å²) in [5, 5.41) is 206. The number of aliphatic carboxylic acids is 1. The Balaban J connectivity index is 0.794. The molecule has 0 radical (unpaired) electrons. The lowest BCUT2D eigenvalue weighted by molar-refractivity contribution is -0.391. The van der Waals surface area contributed by atoms with Crippen LogP contribution in [0.4, 0.5) is 0 Å². The summed E-state index contributed by atoms with van der Waals surface area (Å²) >= 11 is 0. The van der Waals surface area contributed by atoms with Gasteiger partial charge in [0.05, 0.1) is 56.6 Å². The number of carboxylic acids is 1. The number of rotatable bonds is 18. The predicted molar refractivity (Wildman–Crippen MR) is 338 cm³/mol.